The molecule has 2 aromatic carbocycles. The zero-order valence-electron chi connectivity index (χ0n) is 16.4. The van der Waals surface area contributed by atoms with Gasteiger partial charge in [-0.05, 0) is 47.9 Å². The summed E-state index contributed by atoms with van der Waals surface area (Å²) in [6.45, 7) is 3.76. The number of rotatable bonds is 3. The molecule has 150 valence electrons. The number of aryl methyl sites for hydroxylation is 1. The fraction of sp³-hybridized carbons (Fsp3) is 0.167. The van der Waals surface area contributed by atoms with Gasteiger partial charge in [0.15, 0.2) is 5.76 Å². The molecule has 1 aromatic heterocycles. The molecule has 0 spiro atoms. The summed E-state index contributed by atoms with van der Waals surface area (Å²) in [5.74, 6) is 1.64. The fourth-order valence-electron chi connectivity index (χ4n) is 3.86. The largest absolute Gasteiger partial charge is 0.478 e. The van der Waals surface area contributed by atoms with Crippen LogP contribution in [-0.4, -0.2) is 22.4 Å². The first-order chi connectivity index (χ1) is 14.6. The molecule has 3 heterocycles. The molecule has 3 aromatic rings. The predicted molar refractivity (Wildman–Crippen MR) is 117 cm³/mol. The van der Waals surface area contributed by atoms with Gasteiger partial charge >= 0.3 is 0 Å². The quantitative estimate of drug-likeness (QED) is 0.505. The van der Waals surface area contributed by atoms with Gasteiger partial charge in [-0.1, -0.05) is 40.2 Å². The summed E-state index contributed by atoms with van der Waals surface area (Å²) in [6, 6.07) is 13.7. The number of ether oxygens (including phenoxy) is 2. The number of pyridine rings is 1. The van der Waals surface area contributed by atoms with Crippen LogP contribution in [0.15, 0.2) is 65.1 Å². The summed E-state index contributed by atoms with van der Waals surface area (Å²) in [7, 11) is 0. The number of allylic oxidation sites excluding steroid dienone is 1. The highest BCUT2D eigenvalue weighted by Gasteiger charge is 2.35. The van der Waals surface area contributed by atoms with Crippen molar-refractivity contribution in [1.82, 2.24) is 9.88 Å². The molecule has 0 saturated heterocycles. The van der Waals surface area contributed by atoms with Crippen molar-refractivity contribution < 1.29 is 14.3 Å². The average Bonchev–Trinajstić information content (AvgIpc) is 3.08. The molecule has 0 bridgehead atoms. The zero-order chi connectivity index (χ0) is 20.7. The minimum atomic E-state index is -0.0922. The van der Waals surface area contributed by atoms with Gasteiger partial charge < -0.3 is 9.47 Å². The molecule has 5 nitrogen and oxygen atoms in total. The lowest BCUT2D eigenvalue weighted by molar-refractivity contribution is 0.0871. The van der Waals surface area contributed by atoms with E-state index in [1.807, 2.05) is 55.6 Å². The molecule has 0 N–H and O–H groups in total. The van der Waals surface area contributed by atoms with E-state index < -0.39 is 0 Å². The number of carbonyl (C=O) groups excluding carboxylic acids is 1. The monoisotopic (exact) mass is 462 g/mol. The molecular formula is C24H19BrN2O3. The summed E-state index contributed by atoms with van der Waals surface area (Å²) in [5.41, 5.74) is 4.41. The van der Waals surface area contributed by atoms with Crippen molar-refractivity contribution >= 4 is 27.8 Å². The Kier molecular flexibility index (Phi) is 4.89. The molecule has 5 rings (SSSR count). The Hall–Kier alpha value is -2.96. The SMILES string of the molecule is Cc1cc2c(c3c1C(=O)/C(=C/c1ccccc1Br)O3)CN(Cc1cccnc1)CO2. The lowest BCUT2D eigenvalue weighted by Crippen LogP contribution is -2.31. The molecular weight excluding hydrogens is 444 g/mol. The zero-order valence-corrected chi connectivity index (χ0v) is 18.0. The Labute approximate surface area is 183 Å². The number of halogens is 1. The number of aromatic nitrogens is 1. The van der Waals surface area contributed by atoms with Crippen molar-refractivity contribution in [2.24, 2.45) is 0 Å². The Balaban J connectivity index is 1.49. The number of hydrogen-bond donors (Lipinski definition) is 0. The number of fused-ring (bicyclic) bond motifs is 3. The van der Waals surface area contributed by atoms with Gasteiger partial charge in [-0.3, -0.25) is 14.7 Å². The average molecular weight is 463 g/mol. The van der Waals surface area contributed by atoms with Crippen molar-refractivity contribution in [3.63, 3.8) is 0 Å². The van der Waals surface area contributed by atoms with Crippen LogP contribution < -0.4 is 9.47 Å². The van der Waals surface area contributed by atoms with Gasteiger partial charge in [-0.25, -0.2) is 0 Å². The highest BCUT2D eigenvalue weighted by atomic mass is 79.9. The molecule has 0 saturated carbocycles. The normalized spacial score (nSPS) is 16.7. The summed E-state index contributed by atoms with van der Waals surface area (Å²) in [4.78, 5) is 19.5. The summed E-state index contributed by atoms with van der Waals surface area (Å²) < 4.78 is 13.0. The molecule has 0 aliphatic carbocycles. The number of hydrogen-bond acceptors (Lipinski definition) is 5. The molecule has 0 atom stereocenters. The van der Waals surface area contributed by atoms with Crippen LogP contribution in [0.5, 0.6) is 11.5 Å². The van der Waals surface area contributed by atoms with E-state index in [1.165, 1.54) is 0 Å². The van der Waals surface area contributed by atoms with E-state index >= 15 is 0 Å². The molecule has 0 radical (unpaired) electrons. The van der Waals surface area contributed by atoms with E-state index in [9.17, 15) is 4.79 Å². The summed E-state index contributed by atoms with van der Waals surface area (Å²) in [6.07, 6.45) is 5.41. The topological polar surface area (TPSA) is 51.7 Å². The van der Waals surface area contributed by atoms with E-state index in [0.717, 1.165) is 32.5 Å². The molecule has 0 unspecified atom stereocenters. The molecule has 2 aliphatic rings. The van der Waals surface area contributed by atoms with Gasteiger partial charge in [0, 0.05) is 30.0 Å². The van der Waals surface area contributed by atoms with Gasteiger partial charge in [-0.2, -0.15) is 0 Å². The van der Waals surface area contributed by atoms with Gasteiger partial charge in [0.25, 0.3) is 0 Å². The second-order valence-electron chi connectivity index (χ2n) is 7.46. The second kappa shape index (κ2) is 7.70. The minimum Gasteiger partial charge on any atom is -0.478 e. The number of benzene rings is 2. The standard InChI is InChI=1S/C24H19BrN2O3/c1-15-9-20-18(13-27(14-29-20)12-16-5-4-8-26-11-16)24-22(15)23(28)21(30-24)10-17-6-2-3-7-19(17)25/h2-11H,12-14H2,1H3/b21-10-. The van der Waals surface area contributed by atoms with Crippen LogP contribution >= 0.6 is 15.9 Å². The second-order valence-corrected chi connectivity index (χ2v) is 8.31. The first kappa shape index (κ1) is 19.0. The van der Waals surface area contributed by atoms with Gasteiger partial charge in [-0.15, -0.1) is 0 Å². The predicted octanol–water partition coefficient (Wildman–Crippen LogP) is 5.12. The van der Waals surface area contributed by atoms with Crippen LogP contribution in [0.4, 0.5) is 0 Å². The Morgan fingerprint density at radius 2 is 2.10 bits per heavy atom. The molecule has 6 heteroatoms. The molecule has 2 aliphatic heterocycles. The maximum absolute atomic E-state index is 13.1. The third kappa shape index (κ3) is 3.42. The maximum Gasteiger partial charge on any atom is 0.232 e. The first-order valence-corrected chi connectivity index (χ1v) is 10.5. The van der Waals surface area contributed by atoms with Crippen LogP contribution in [0.1, 0.15) is 32.6 Å². The Morgan fingerprint density at radius 3 is 2.90 bits per heavy atom. The highest BCUT2D eigenvalue weighted by Crippen LogP contribution is 2.44. The van der Waals surface area contributed by atoms with Crippen molar-refractivity contribution in [1.29, 1.82) is 0 Å². The van der Waals surface area contributed by atoms with Crippen LogP contribution in [0.2, 0.25) is 0 Å². The Bertz CT molecular complexity index is 1170. The van der Waals surface area contributed by atoms with Crippen LogP contribution in [-0.2, 0) is 13.1 Å². The van der Waals surface area contributed by atoms with E-state index in [1.54, 1.807) is 12.3 Å². The third-order valence-corrected chi connectivity index (χ3v) is 6.03. The van der Waals surface area contributed by atoms with E-state index in [-0.39, 0.29) is 5.78 Å². The minimum absolute atomic E-state index is 0.0922. The van der Waals surface area contributed by atoms with Gasteiger partial charge in [0.05, 0.1) is 11.1 Å². The first-order valence-electron chi connectivity index (χ1n) is 9.69. The third-order valence-electron chi connectivity index (χ3n) is 5.31. The number of ketones is 1. The van der Waals surface area contributed by atoms with E-state index in [4.69, 9.17) is 9.47 Å². The van der Waals surface area contributed by atoms with Gasteiger partial charge in [0.2, 0.25) is 5.78 Å². The lowest BCUT2D eigenvalue weighted by atomic mass is 9.98. The van der Waals surface area contributed by atoms with Gasteiger partial charge in [0.1, 0.15) is 18.2 Å². The number of nitrogens with zero attached hydrogens (tertiary/aromatic N) is 2. The van der Waals surface area contributed by atoms with Crippen LogP contribution in [0, 0.1) is 6.92 Å². The maximum atomic E-state index is 13.1. The van der Waals surface area contributed by atoms with Crippen LogP contribution in [0.25, 0.3) is 6.08 Å². The smallest absolute Gasteiger partial charge is 0.232 e. The van der Waals surface area contributed by atoms with Crippen molar-refractivity contribution in [2.45, 2.75) is 20.0 Å². The fourth-order valence-corrected chi connectivity index (χ4v) is 4.26. The molecule has 0 amide bonds. The Morgan fingerprint density at radius 1 is 1.23 bits per heavy atom. The lowest BCUT2D eigenvalue weighted by Gasteiger charge is -2.30. The summed E-state index contributed by atoms with van der Waals surface area (Å²) in [5, 5.41) is 0. The summed E-state index contributed by atoms with van der Waals surface area (Å²) >= 11 is 3.53. The molecule has 30 heavy (non-hydrogen) atoms. The van der Waals surface area contributed by atoms with Crippen molar-refractivity contribution in [3.8, 4) is 11.5 Å². The molecule has 0 fully saturated rings. The number of Topliss-reactive ketones (excluding diaryl/α,β-unsaturated/α-hetero) is 1. The number of carbonyl (C=O) groups is 1. The highest BCUT2D eigenvalue weighted by molar-refractivity contribution is 9.10. The van der Waals surface area contributed by atoms with Crippen molar-refractivity contribution in [2.75, 3.05) is 6.73 Å². The van der Waals surface area contributed by atoms with Crippen molar-refractivity contribution in [3.05, 3.63) is 92.9 Å². The van der Waals surface area contributed by atoms with E-state index in [0.29, 0.717) is 36.9 Å². The van der Waals surface area contributed by atoms with E-state index in [2.05, 4.69) is 25.8 Å². The van der Waals surface area contributed by atoms with Crippen LogP contribution in [0.3, 0.4) is 0 Å².